The van der Waals surface area contributed by atoms with Crippen molar-refractivity contribution in [3.63, 3.8) is 0 Å². The summed E-state index contributed by atoms with van der Waals surface area (Å²) >= 11 is 5.41. The average molecular weight is 484 g/mol. The van der Waals surface area contributed by atoms with E-state index in [2.05, 4.69) is 10.6 Å². The monoisotopic (exact) mass is 483 g/mol. The van der Waals surface area contributed by atoms with Gasteiger partial charge in [0.15, 0.2) is 5.11 Å². The van der Waals surface area contributed by atoms with Gasteiger partial charge in [0.25, 0.3) is 5.91 Å². The Hall–Kier alpha value is -3.46. The number of thiocarbonyl (C=S) groups is 1. The Bertz CT molecular complexity index is 1010. The predicted octanol–water partition coefficient (Wildman–Crippen LogP) is 2.47. The quantitative estimate of drug-likeness (QED) is 0.321. The summed E-state index contributed by atoms with van der Waals surface area (Å²) in [5, 5.41) is 5.49. The Balaban J connectivity index is 1.53. The molecule has 8 nitrogen and oxygen atoms in total. The summed E-state index contributed by atoms with van der Waals surface area (Å²) in [5.74, 6) is -0.660. The van der Waals surface area contributed by atoms with Crippen LogP contribution in [0.3, 0.4) is 0 Å². The lowest BCUT2D eigenvalue weighted by atomic mass is 10.1. The first-order valence-electron chi connectivity index (χ1n) is 11.3. The molecule has 0 aromatic heterocycles. The number of carbonyl (C=O) groups is 3. The minimum absolute atomic E-state index is 0.0866. The van der Waals surface area contributed by atoms with Gasteiger partial charge >= 0.3 is 5.97 Å². The molecule has 2 amide bonds. The van der Waals surface area contributed by atoms with Crippen LogP contribution in [0, 0.1) is 0 Å². The van der Waals surface area contributed by atoms with E-state index in [1.807, 2.05) is 37.3 Å². The smallest absolute Gasteiger partial charge is 0.308 e. The molecule has 2 N–H and O–H groups in total. The lowest BCUT2D eigenvalue weighted by Crippen LogP contribution is -2.60. The van der Waals surface area contributed by atoms with Crippen LogP contribution in [0.15, 0.2) is 54.6 Å². The Labute approximate surface area is 204 Å². The van der Waals surface area contributed by atoms with Gasteiger partial charge in [0.05, 0.1) is 19.6 Å². The molecule has 1 saturated heterocycles. The van der Waals surface area contributed by atoms with E-state index in [1.54, 1.807) is 29.2 Å². The second-order valence-corrected chi connectivity index (χ2v) is 8.12. The fourth-order valence-electron chi connectivity index (χ4n) is 3.62. The number of carbonyl (C=O) groups excluding carboxylic acids is 3. The Morgan fingerprint density at radius 2 is 1.97 bits per heavy atom. The van der Waals surface area contributed by atoms with Gasteiger partial charge in [-0.05, 0) is 55.7 Å². The molecule has 1 heterocycles. The highest BCUT2D eigenvalue weighted by Gasteiger charge is 2.34. The van der Waals surface area contributed by atoms with Crippen LogP contribution in [0.1, 0.15) is 35.7 Å². The van der Waals surface area contributed by atoms with Gasteiger partial charge in [0.1, 0.15) is 11.8 Å². The average Bonchev–Trinajstić information content (AvgIpc) is 2.84. The first-order chi connectivity index (χ1) is 16.5. The van der Waals surface area contributed by atoms with Crippen molar-refractivity contribution in [2.75, 3.05) is 26.3 Å². The molecule has 1 fully saturated rings. The third-order valence-corrected chi connectivity index (χ3v) is 5.63. The van der Waals surface area contributed by atoms with Crippen LogP contribution in [-0.4, -0.2) is 60.1 Å². The fourth-order valence-corrected chi connectivity index (χ4v) is 3.93. The number of rotatable bonds is 9. The van der Waals surface area contributed by atoms with Crippen LogP contribution in [0.4, 0.5) is 0 Å². The summed E-state index contributed by atoms with van der Waals surface area (Å²) in [6.07, 6.45) is 1.32. The number of nitrogens with zero attached hydrogens (tertiary/aromatic N) is 1. The second kappa shape index (κ2) is 12.7. The van der Waals surface area contributed by atoms with Gasteiger partial charge in [-0.3, -0.25) is 19.7 Å². The maximum atomic E-state index is 12.7. The first kappa shape index (κ1) is 25.2. The van der Waals surface area contributed by atoms with Gasteiger partial charge in [0.2, 0.25) is 5.91 Å². The van der Waals surface area contributed by atoms with Crippen molar-refractivity contribution in [1.29, 1.82) is 0 Å². The van der Waals surface area contributed by atoms with E-state index in [-0.39, 0.29) is 24.0 Å². The molecule has 180 valence electrons. The summed E-state index contributed by atoms with van der Waals surface area (Å²) in [7, 11) is 0. The molecule has 2 aromatic carbocycles. The minimum atomic E-state index is -0.849. The predicted molar refractivity (Wildman–Crippen MR) is 132 cm³/mol. The summed E-state index contributed by atoms with van der Waals surface area (Å²) in [6.45, 7) is 3.33. The number of nitrogens with one attached hydrogen (secondary N) is 2. The highest BCUT2D eigenvalue weighted by molar-refractivity contribution is 7.80. The highest BCUT2D eigenvalue weighted by Crippen LogP contribution is 2.15. The van der Waals surface area contributed by atoms with Crippen molar-refractivity contribution < 1.29 is 23.9 Å². The molecule has 1 atom stereocenters. The van der Waals surface area contributed by atoms with Crippen LogP contribution < -0.4 is 15.4 Å². The Morgan fingerprint density at radius 3 is 2.74 bits per heavy atom. The summed E-state index contributed by atoms with van der Waals surface area (Å²) in [4.78, 5) is 39.1. The second-order valence-electron chi connectivity index (χ2n) is 7.73. The fraction of sp³-hybridized carbons (Fsp3) is 0.360. The number of ether oxygens (including phenoxy) is 2. The largest absolute Gasteiger partial charge is 0.494 e. The number of benzene rings is 2. The van der Waals surface area contributed by atoms with E-state index in [0.29, 0.717) is 37.4 Å². The van der Waals surface area contributed by atoms with Crippen LogP contribution in [0.2, 0.25) is 0 Å². The molecule has 0 spiro atoms. The zero-order chi connectivity index (χ0) is 24.3. The number of esters is 1. The molecule has 0 radical (unpaired) electrons. The standard InChI is InChI=1S/C25H29N3O5S/c1-2-32-20-12-6-11-19(16-20)23(30)27-25(34)28-14-13-26-24(31)21(28)17-22(29)33-15-7-10-18-8-4-3-5-9-18/h3-6,8-9,11-12,16,21H,2,7,10,13-15,17H2,1H3,(H,26,31)(H,27,30,34). The molecule has 1 aliphatic rings. The number of hydrogen-bond donors (Lipinski definition) is 2. The summed E-state index contributed by atoms with van der Waals surface area (Å²) < 4.78 is 10.8. The first-order valence-corrected chi connectivity index (χ1v) is 11.7. The molecule has 0 saturated carbocycles. The third kappa shape index (κ3) is 7.28. The Morgan fingerprint density at radius 1 is 1.18 bits per heavy atom. The molecule has 34 heavy (non-hydrogen) atoms. The van der Waals surface area contributed by atoms with E-state index in [0.717, 1.165) is 6.42 Å². The van der Waals surface area contributed by atoms with Crippen molar-refractivity contribution >= 4 is 35.1 Å². The molecular formula is C25H29N3O5S. The van der Waals surface area contributed by atoms with Gasteiger partial charge in [-0.2, -0.15) is 0 Å². The van der Waals surface area contributed by atoms with E-state index in [9.17, 15) is 14.4 Å². The van der Waals surface area contributed by atoms with Gasteiger partial charge in [-0.25, -0.2) is 0 Å². The van der Waals surface area contributed by atoms with Crippen molar-refractivity contribution in [3.8, 4) is 5.75 Å². The topological polar surface area (TPSA) is 97.0 Å². The molecule has 2 aromatic rings. The van der Waals surface area contributed by atoms with E-state index in [1.165, 1.54) is 5.56 Å². The van der Waals surface area contributed by atoms with E-state index < -0.39 is 17.9 Å². The lowest BCUT2D eigenvalue weighted by Gasteiger charge is -2.36. The molecule has 1 aliphatic heterocycles. The molecule has 3 rings (SSSR count). The number of aryl methyl sites for hydroxylation is 1. The molecule has 9 heteroatoms. The van der Waals surface area contributed by atoms with Crippen LogP contribution in [0.25, 0.3) is 0 Å². The summed E-state index contributed by atoms with van der Waals surface area (Å²) in [6, 6.07) is 15.8. The molecular weight excluding hydrogens is 454 g/mol. The molecule has 1 unspecified atom stereocenters. The van der Waals surface area contributed by atoms with E-state index in [4.69, 9.17) is 21.7 Å². The highest BCUT2D eigenvalue weighted by atomic mass is 32.1. The lowest BCUT2D eigenvalue weighted by molar-refractivity contribution is -0.147. The normalized spacial score (nSPS) is 15.3. The summed E-state index contributed by atoms with van der Waals surface area (Å²) in [5.41, 5.74) is 1.55. The maximum absolute atomic E-state index is 12.7. The van der Waals surface area contributed by atoms with E-state index >= 15 is 0 Å². The Kier molecular flexibility index (Phi) is 9.40. The SMILES string of the molecule is CCOc1cccc(C(=O)NC(=S)N2CCNC(=O)C2CC(=O)OCCCc2ccccc2)c1. The molecule has 0 bridgehead atoms. The van der Waals surface area contributed by atoms with Crippen molar-refractivity contribution in [2.24, 2.45) is 0 Å². The third-order valence-electron chi connectivity index (χ3n) is 5.30. The van der Waals surface area contributed by atoms with Crippen molar-refractivity contribution in [2.45, 2.75) is 32.2 Å². The van der Waals surface area contributed by atoms with Crippen LogP contribution >= 0.6 is 12.2 Å². The number of hydrogen-bond acceptors (Lipinski definition) is 6. The van der Waals surface area contributed by atoms with Crippen molar-refractivity contribution in [1.82, 2.24) is 15.5 Å². The van der Waals surface area contributed by atoms with Gasteiger partial charge in [0, 0.05) is 18.7 Å². The minimum Gasteiger partial charge on any atom is -0.494 e. The zero-order valence-corrected chi connectivity index (χ0v) is 19.9. The zero-order valence-electron chi connectivity index (χ0n) is 19.1. The van der Waals surface area contributed by atoms with Crippen LogP contribution in [-0.2, 0) is 20.7 Å². The number of piperazine rings is 1. The van der Waals surface area contributed by atoms with Gasteiger partial charge in [-0.15, -0.1) is 0 Å². The number of amides is 2. The van der Waals surface area contributed by atoms with Gasteiger partial charge < -0.3 is 19.7 Å². The molecule has 0 aliphatic carbocycles. The maximum Gasteiger partial charge on any atom is 0.308 e. The van der Waals surface area contributed by atoms with Gasteiger partial charge in [-0.1, -0.05) is 36.4 Å². The van der Waals surface area contributed by atoms with Crippen LogP contribution in [0.5, 0.6) is 5.75 Å². The van der Waals surface area contributed by atoms with Crippen molar-refractivity contribution in [3.05, 3.63) is 65.7 Å².